The molecular formula is C15H12Cl2N2O4. The number of halogens is 2. The molecule has 0 aliphatic heterocycles. The van der Waals surface area contributed by atoms with Gasteiger partial charge in [-0.1, -0.05) is 29.3 Å². The van der Waals surface area contributed by atoms with Crippen molar-refractivity contribution in [3.05, 3.63) is 62.1 Å². The monoisotopic (exact) mass is 354 g/mol. The number of rotatable bonds is 5. The number of ether oxygens (including phenoxy) is 1. The summed E-state index contributed by atoms with van der Waals surface area (Å²) >= 11 is 11.7. The summed E-state index contributed by atoms with van der Waals surface area (Å²) < 4.78 is 5.30. The number of nitrogens with zero attached hydrogens (tertiary/aromatic N) is 1. The Hall–Kier alpha value is -2.31. The summed E-state index contributed by atoms with van der Waals surface area (Å²) in [7, 11) is 0. The van der Waals surface area contributed by atoms with E-state index in [1.807, 2.05) is 0 Å². The van der Waals surface area contributed by atoms with Gasteiger partial charge < -0.3 is 10.1 Å². The fourth-order valence-electron chi connectivity index (χ4n) is 1.90. The number of hydrogen-bond acceptors (Lipinski definition) is 4. The average Bonchev–Trinajstić information content (AvgIpc) is 2.46. The molecule has 0 radical (unpaired) electrons. The number of hydrogen-bond donors (Lipinski definition) is 1. The quantitative estimate of drug-likeness (QED) is 0.643. The maximum absolute atomic E-state index is 11.9. The molecule has 0 spiro atoms. The van der Waals surface area contributed by atoms with Crippen LogP contribution >= 0.6 is 23.2 Å². The van der Waals surface area contributed by atoms with Crippen molar-refractivity contribution < 1.29 is 14.5 Å². The van der Waals surface area contributed by atoms with Gasteiger partial charge in [-0.05, 0) is 31.2 Å². The number of carbonyl (C=O) groups excluding carboxylic acids is 1. The van der Waals surface area contributed by atoms with Crippen LogP contribution in [-0.2, 0) is 4.79 Å². The number of nitro groups is 1. The van der Waals surface area contributed by atoms with Gasteiger partial charge in [0.2, 0.25) is 0 Å². The second-order valence-electron chi connectivity index (χ2n) is 4.65. The van der Waals surface area contributed by atoms with E-state index in [9.17, 15) is 14.9 Å². The van der Waals surface area contributed by atoms with E-state index in [4.69, 9.17) is 27.9 Å². The van der Waals surface area contributed by atoms with Gasteiger partial charge in [-0.15, -0.1) is 0 Å². The first-order valence-corrected chi connectivity index (χ1v) is 7.25. The molecule has 0 aliphatic carbocycles. The molecule has 0 saturated heterocycles. The predicted molar refractivity (Wildman–Crippen MR) is 88.4 cm³/mol. The summed E-state index contributed by atoms with van der Waals surface area (Å²) in [6.45, 7) is 1.28. The van der Waals surface area contributed by atoms with Gasteiger partial charge in [-0.3, -0.25) is 14.9 Å². The van der Waals surface area contributed by atoms with E-state index < -0.39 is 10.8 Å². The zero-order valence-corrected chi connectivity index (χ0v) is 13.5. The Bertz CT molecular complexity index is 745. The predicted octanol–water partition coefficient (Wildman–Crippen LogP) is 4.23. The van der Waals surface area contributed by atoms with E-state index in [2.05, 4.69) is 5.32 Å². The molecule has 1 N–H and O–H groups in total. The summed E-state index contributed by atoms with van der Waals surface area (Å²) in [6.07, 6.45) is 0. The van der Waals surface area contributed by atoms with Gasteiger partial charge in [-0.25, -0.2) is 0 Å². The molecule has 120 valence electrons. The molecule has 0 fully saturated rings. The third-order valence-electron chi connectivity index (χ3n) is 2.98. The van der Waals surface area contributed by atoms with E-state index >= 15 is 0 Å². The van der Waals surface area contributed by atoms with Crippen molar-refractivity contribution in [2.75, 3.05) is 11.9 Å². The second kappa shape index (κ2) is 7.30. The van der Waals surface area contributed by atoms with Crippen molar-refractivity contribution >= 4 is 40.5 Å². The van der Waals surface area contributed by atoms with Crippen LogP contribution < -0.4 is 10.1 Å². The lowest BCUT2D eigenvalue weighted by Gasteiger charge is -2.10. The van der Waals surface area contributed by atoms with Crippen molar-refractivity contribution in [2.24, 2.45) is 0 Å². The minimum atomic E-state index is -0.505. The van der Waals surface area contributed by atoms with Gasteiger partial charge in [0.05, 0.1) is 16.2 Å². The molecule has 0 saturated carbocycles. The highest BCUT2D eigenvalue weighted by Crippen LogP contribution is 2.26. The Morgan fingerprint density at radius 1 is 1.26 bits per heavy atom. The zero-order valence-electron chi connectivity index (χ0n) is 12.0. The van der Waals surface area contributed by atoms with Crippen LogP contribution in [0.3, 0.4) is 0 Å². The number of nitro benzene ring substituents is 1. The van der Waals surface area contributed by atoms with Gasteiger partial charge in [0.15, 0.2) is 6.61 Å². The van der Waals surface area contributed by atoms with Gasteiger partial charge in [0.25, 0.3) is 11.6 Å². The van der Waals surface area contributed by atoms with Gasteiger partial charge in [0.1, 0.15) is 5.75 Å². The highest BCUT2D eigenvalue weighted by atomic mass is 35.5. The van der Waals surface area contributed by atoms with Crippen LogP contribution in [0.25, 0.3) is 0 Å². The number of nitrogens with one attached hydrogen (secondary N) is 1. The zero-order chi connectivity index (χ0) is 17.0. The van der Waals surface area contributed by atoms with Crippen molar-refractivity contribution in [1.29, 1.82) is 0 Å². The lowest BCUT2D eigenvalue weighted by atomic mass is 10.1. The topological polar surface area (TPSA) is 81.5 Å². The molecule has 0 unspecified atom stereocenters. The maximum atomic E-state index is 11.9. The van der Waals surface area contributed by atoms with E-state index in [0.717, 1.165) is 0 Å². The van der Waals surface area contributed by atoms with Crippen LogP contribution in [0, 0.1) is 17.0 Å². The molecule has 0 aromatic heterocycles. The number of benzene rings is 2. The Morgan fingerprint density at radius 2 is 1.91 bits per heavy atom. The van der Waals surface area contributed by atoms with E-state index in [1.165, 1.54) is 24.3 Å². The normalized spacial score (nSPS) is 10.2. The lowest BCUT2D eigenvalue weighted by Crippen LogP contribution is -2.20. The first-order chi connectivity index (χ1) is 10.9. The molecule has 23 heavy (non-hydrogen) atoms. The van der Waals surface area contributed by atoms with Crippen molar-refractivity contribution in [1.82, 2.24) is 0 Å². The Kier molecular flexibility index (Phi) is 5.41. The SMILES string of the molecule is Cc1c(NC(=O)COc2cc(Cl)cc(Cl)c2)cccc1[N+](=O)[O-]. The molecular weight excluding hydrogens is 343 g/mol. The minimum Gasteiger partial charge on any atom is -0.484 e. The molecule has 2 aromatic rings. The Morgan fingerprint density at radius 3 is 2.52 bits per heavy atom. The smallest absolute Gasteiger partial charge is 0.274 e. The van der Waals surface area contributed by atoms with Crippen LogP contribution in [-0.4, -0.2) is 17.4 Å². The van der Waals surface area contributed by atoms with Crippen LogP contribution in [0.2, 0.25) is 10.0 Å². The van der Waals surface area contributed by atoms with Gasteiger partial charge in [0, 0.05) is 16.1 Å². The maximum Gasteiger partial charge on any atom is 0.274 e. The molecule has 0 aliphatic rings. The molecule has 8 heteroatoms. The molecule has 0 heterocycles. The second-order valence-corrected chi connectivity index (χ2v) is 5.52. The fourth-order valence-corrected chi connectivity index (χ4v) is 2.41. The van der Waals surface area contributed by atoms with Crippen LogP contribution in [0.5, 0.6) is 5.75 Å². The summed E-state index contributed by atoms with van der Waals surface area (Å²) in [4.78, 5) is 22.3. The van der Waals surface area contributed by atoms with Crippen LogP contribution in [0.15, 0.2) is 36.4 Å². The minimum absolute atomic E-state index is 0.0645. The number of amides is 1. The molecule has 1 amide bonds. The van der Waals surface area contributed by atoms with Crippen LogP contribution in [0.4, 0.5) is 11.4 Å². The third kappa shape index (κ3) is 4.58. The highest BCUT2D eigenvalue weighted by molar-refractivity contribution is 6.34. The first-order valence-electron chi connectivity index (χ1n) is 6.49. The molecule has 2 aromatic carbocycles. The van der Waals surface area contributed by atoms with Gasteiger partial charge in [-0.2, -0.15) is 0 Å². The molecule has 6 nitrogen and oxygen atoms in total. The van der Waals surface area contributed by atoms with E-state index in [1.54, 1.807) is 19.1 Å². The van der Waals surface area contributed by atoms with Crippen molar-refractivity contribution in [2.45, 2.75) is 6.92 Å². The summed E-state index contributed by atoms with van der Waals surface area (Å²) in [5, 5.41) is 14.2. The average molecular weight is 355 g/mol. The van der Waals surface area contributed by atoms with Crippen molar-refractivity contribution in [3.63, 3.8) is 0 Å². The van der Waals surface area contributed by atoms with Crippen molar-refractivity contribution in [3.8, 4) is 5.75 Å². The molecule has 2 rings (SSSR count). The largest absolute Gasteiger partial charge is 0.484 e. The third-order valence-corrected chi connectivity index (χ3v) is 3.42. The standard InChI is InChI=1S/C15H12Cl2N2O4/c1-9-13(3-2-4-14(9)19(21)22)18-15(20)8-23-12-6-10(16)5-11(17)7-12/h2-7H,8H2,1H3,(H,18,20). The summed E-state index contributed by atoms with van der Waals surface area (Å²) in [5.74, 6) is -0.0990. The fraction of sp³-hybridized carbons (Fsp3) is 0.133. The van der Waals surface area contributed by atoms with E-state index in [-0.39, 0.29) is 12.3 Å². The lowest BCUT2D eigenvalue weighted by molar-refractivity contribution is -0.385. The number of carbonyl (C=O) groups is 1. The Balaban J connectivity index is 2.03. The molecule has 0 atom stereocenters. The van der Waals surface area contributed by atoms with Crippen LogP contribution in [0.1, 0.15) is 5.56 Å². The number of anilines is 1. The highest BCUT2D eigenvalue weighted by Gasteiger charge is 2.15. The first kappa shape index (κ1) is 17.1. The van der Waals surface area contributed by atoms with Gasteiger partial charge >= 0.3 is 0 Å². The Labute approximate surface area is 142 Å². The summed E-state index contributed by atoms with van der Waals surface area (Å²) in [5.41, 5.74) is 0.666. The summed E-state index contributed by atoms with van der Waals surface area (Å²) in [6, 6.07) is 9.05. The van der Waals surface area contributed by atoms with E-state index in [0.29, 0.717) is 27.0 Å². The molecule has 0 bridgehead atoms.